The molecule has 2 atom stereocenters. The van der Waals surface area contributed by atoms with Crippen molar-refractivity contribution in [1.29, 1.82) is 0 Å². The van der Waals surface area contributed by atoms with Crippen LogP contribution in [0.4, 0.5) is 0 Å². The van der Waals surface area contributed by atoms with E-state index in [9.17, 15) is 9.70 Å². The number of nitroso groups, excluding NO2 is 1. The molecule has 19 heavy (non-hydrogen) atoms. The van der Waals surface area contributed by atoms with E-state index in [1.807, 2.05) is 27.7 Å². The molecule has 0 spiro atoms. The van der Waals surface area contributed by atoms with Crippen molar-refractivity contribution in [1.82, 2.24) is 10.6 Å². The maximum atomic E-state index is 11.9. The van der Waals surface area contributed by atoms with Gasteiger partial charge in [-0.15, -0.1) is 5.01 Å². The fourth-order valence-corrected chi connectivity index (χ4v) is 2.32. The third-order valence-corrected chi connectivity index (χ3v) is 3.32. The molecule has 0 aromatic heterocycles. The van der Waals surface area contributed by atoms with E-state index < -0.39 is 5.97 Å². The number of carboxylic acids is 1. The van der Waals surface area contributed by atoms with Gasteiger partial charge in [-0.25, -0.2) is 4.84 Å². The highest BCUT2D eigenvalue weighted by Gasteiger charge is 2.35. The van der Waals surface area contributed by atoms with E-state index in [-0.39, 0.29) is 17.6 Å². The minimum Gasteiger partial charge on any atom is -0.481 e. The summed E-state index contributed by atoms with van der Waals surface area (Å²) in [5.41, 5.74) is 2.04. The number of nitrogens with zero attached hydrogens (tertiary/aromatic N) is 2. The van der Waals surface area contributed by atoms with Crippen LogP contribution in [0.2, 0.25) is 0 Å². The Morgan fingerprint density at radius 3 is 2.53 bits per heavy atom. The summed E-state index contributed by atoms with van der Waals surface area (Å²) >= 11 is 0. The number of aliphatic carboxylic acids is 1. The Bertz CT molecular complexity index is 340. The Kier molecular flexibility index (Phi) is 5.11. The third kappa shape index (κ3) is 4.34. The van der Waals surface area contributed by atoms with Crippen molar-refractivity contribution in [2.45, 2.75) is 58.6 Å². The maximum absolute atomic E-state index is 11.9. The molecule has 0 radical (unpaired) electrons. The lowest BCUT2D eigenvalue weighted by atomic mass is 10.1. The van der Waals surface area contributed by atoms with Crippen molar-refractivity contribution in [3.8, 4) is 0 Å². The zero-order chi connectivity index (χ0) is 14.6. The van der Waals surface area contributed by atoms with Gasteiger partial charge >= 0.3 is 5.97 Å². The van der Waals surface area contributed by atoms with Crippen LogP contribution in [0.1, 0.15) is 47.0 Å². The number of carboxylic acid groups (broad SMARTS) is 1. The molecule has 0 saturated heterocycles. The average molecular weight is 274 g/mol. The molecule has 1 aliphatic carbocycles. The van der Waals surface area contributed by atoms with Crippen LogP contribution in [-0.2, 0) is 9.63 Å². The summed E-state index contributed by atoms with van der Waals surface area (Å²) in [6.45, 7) is 8.22. The minimum absolute atomic E-state index is 0.226. The van der Waals surface area contributed by atoms with Gasteiger partial charge in [0.25, 0.3) is 4.98 Å². The SMILES string of the molecule is CCN([N+](=O)NOC1CCC(C(=O)O)C1)C(C)(C)C. The van der Waals surface area contributed by atoms with E-state index >= 15 is 0 Å². The lowest BCUT2D eigenvalue weighted by molar-refractivity contribution is -0.801. The van der Waals surface area contributed by atoms with E-state index in [2.05, 4.69) is 5.59 Å². The summed E-state index contributed by atoms with van der Waals surface area (Å²) in [4.78, 5) is 28.6. The summed E-state index contributed by atoms with van der Waals surface area (Å²) in [6.07, 6.45) is 1.46. The van der Waals surface area contributed by atoms with Gasteiger partial charge < -0.3 is 5.11 Å². The topological polar surface area (TPSA) is 81.9 Å². The second-order valence-corrected chi connectivity index (χ2v) is 5.84. The highest BCUT2D eigenvalue weighted by Crippen LogP contribution is 2.27. The molecule has 0 bridgehead atoms. The van der Waals surface area contributed by atoms with Crippen molar-refractivity contribution >= 4 is 5.97 Å². The third-order valence-electron chi connectivity index (χ3n) is 3.32. The fraction of sp³-hybridized carbons (Fsp3) is 0.917. The molecule has 1 rings (SSSR count). The zero-order valence-electron chi connectivity index (χ0n) is 12.0. The highest BCUT2D eigenvalue weighted by molar-refractivity contribution is 5.70. The maximum Gasteiger partial charge on any atom is 0.306 e. The Hall–Kier alpha value is -1.37. The first-order valence-corrected chi connectivity index (χ1v) is 6.64. The number of hydrogen-bond donors (Lipinski definition) is 2. The van der Waals surface area contributed by atoms with E-state index in [4.69, 9.17) is 9.94 Å². The van der Waals surface area contributed by atoms with Gasteiger partial charge in [0.05, 0.1) is 29.0 Å². The number of carbonyl (C=O) groups is 1. The van der Waals surface area contributed by atoms with Gasteiger partial charge in [0, 0.05) is 5.59 Å². The lowest BCUT2D eigenvalue weighted by Crippen LogP contribution is -2.52. The highest BCUT2D eigenvalue weighted by atomic mass is 16.7. The molecule has 7 heteroatoms. The van der Waals surface area contributed by atoms with Crippen molar-refractivity contribution < 1.29 is 19.7 Å². The van der Waals surface area contributed by atoms with Crippen molar-refractivity contribution in [2.24, 2.45) is 5.92 Å². The molecule has 1 saturated carbocycles. The Balaban J connectivity index is 2.41. The van der Waals surface area contributed by atoms with Crippen LogP contribution >= 0.6 is 0 Å². The molecule has 0 heterocycles. The van der Waals surface area contributed by atoms with Gasteiger partial charge in [-0.2, -0.15) is 0 Å². The predicted octanol–water partition coefficient (Wildman–Crippen LogP) is 1.49. The second kappa shape index (κ2) is 6.18. The van der Waals surface area contributed by atoms with Crippen LogP contribution in [0.3, 0.4) is 0 Å². The van der Waals surface area contributed by atoms with Crippen molar-refractivity contribution in [3.63, 3.8) is 0 Å². The van der Waals surface area contributed by atoms with Crippen LogP contribution in [0.15, 0.2) is 0 Å². The standard InChI is InChI=1S/C12H23N3O4/c1-5-14(12(2,3)4)15(18)13-19-10-7-6-9(8-10)11(16)17/h9-10H,5-8H2,1-4H3,(H-,13,16,17,18)/p+1. The zero-order valence-corrected chi connectivity index (χ0v) is 12.0. The molecular formula is C12H24N3O4+. The first-order valence-electron chi connectivity index (χ1n) is 6.64. The molecular weight excluding hydrogens is 250 g/mol. The lowest BCUT2D eigenvalue weighted by Gasteiger charge is -2.25. The van der Waals surface area contributed by atoms with Crippen LogP contribution in [0.25, 0.3) is 0 Å². The summed E-state index contributed by atoms with van der Waals surface area (Å²) in [5.74, 6) is -1.16. The summed E-state index contributed by atoms with van der Waals surface area (Å²) in [7, 11) is 0. The quantitative estimate of drug-likeness (QED) is 0.564. The van der Waals surface area contributed by atoms with E-state index in [0.717, 1.165) is 0 Å². The van der Waals surface area contributed by atoms with E-state index in [0.29, 0.717) is 30.8 Å². The van der Waals surface area contributed by atoms with Gasteiger partial charge in [0.2, 0.25) is 0 Å². The van der Waals surface area contributed by atoms with Crippen LogP contribution in [0, 0.1) is 10.8 Å². The van der Waals surface area contributed by atoms with E-state index in [1.54, 1.807) is 5.01 Å². The van der Waals surface area contributed by atoms with E-state index in [1.165, 1.54) is 0 Å². The smallest absolute Gasteiger partial charge is 0.306 e. The Labute approximate surface area is 113 Å². The second-order valence-electron chi connectivity index (χ2n) is 5.84. The fourth-order valence-electron chi connectivity index (χ4n) is 2.32. The number of hydrazine groups is 2. The molecule has 0 aromatic rings. The molecule has 2 N–H and O–H groups in total. The molecule has 7 nitrogen and oxygen atoms in total. The first-order chi connectivity index (χ1) is 8.75. The van der Waals surface area contributed by atoms with Gasteiger partial charge in [-0.05, 0) is 47.0 Å². The molecule has 110 valence electrons. The summed E-state index contributed by atoms with van der Waals surface area (Å²) < 4.78 is 0. The van der Waals surface area contributed by atoms with Crippen LogP contribution in [0.5, 0.6) is 0 Å². The Morgan fingerprint density at radius 1 is 1.47 bits per heavy atom. The van der Waals surface area contributed by atoms with Crippen molar-refractivity contribution in [3.05, 3.63) is 4.91 Å². The summed E-state index contributed by atoms with van der Waals surface area (Å²) in [6, 6.07) is 0. The number of rotatable bonds is 6. The first kappa shape index (κ1) is 15.7. The monoisotopic (exact) mass is 274 g/mol. The van der Waals surface area contributed by atoms with Gasteiger partial charge in [0.1, 0.15) is 0 Å². The van der Waals surface area contributed by atoms with Crippen LogP contribution < -0.4 is 5.59 Å². The molecule has 2 unspecified atom stereocenters. The number of nitrogens with one attached hydrogen (secondary N) is 1. The summed E-state index contributed by atoms with van der Waals surface area (Å²) in [5, 5.41) is 10.5. The molecule has 1 aliphatic rings. The Morgan fingerprint density at radius 2 is 2.11 bits per heavy atom. The van der Waals surface area contributed by atoms with Crippen LogP contribution in [-0.4, -0.2) is 39.3 Å². The number of hydrogen-bond acceptors (Lipinski definition) is 3. The molecule has 0 aromatic carbocycles. The minimum atomic E-state index is -0.796. The van der Waals surface area contributed by atoms with Gasteiger partial charge in [-0.3, -0.25) is 4.79 Å². The van der Waals surface area contributed by atoms with Gasteiger partial charge in [-0.1, -0.05) is 0 Å². The largest absolute Gasteiger partial charge is 0.481 e. The van der Waals surface area contributed by atoms with Gasteiger partial charge in [0.15, 0.2) is 0 Å². The normalized spacial score (nSPS) is 23.2. The van der Waals surface area contributed by atoms with Crippen molar-refractivity contribution in [2.75, 3.05) is 6.54 Å². The molecule has 0 amide bonds. The predicted molar refractivity (Wildman–Crippen MR) is 68.7 cm³/mol. The average Bonchev–Trinajstić information content (AvgIpc) is 2.74. The molecule has 1 fully saturated rings. The molecule has 0 aliphatic heterocycles.